The molecule has 3 rings (SSSR count). The van der Waals surface area contributed by atoms with E-state index in [1.54, 1.807) is 12.1 Å². The van der Waals surface area contributed by atoms with Gasteiger partial charge in [0.2, 0.25) is 0 Å². The van der Waals surface area contributed by atoms with Crippen molar-refractivity contribution in [2.45, 2.75) is 6.61 Å². The molecule has 2 aromatic rings. The zero-order valence-corrected chi connectivity index (χ0v) is 13.8. The van der Waals surface area contributed by atoms with E-state index in [1.807, 2.05) is 0 Å². The molecule has 9 heteroatoms. The molecule has 1 aliphatic rings. The molecular weight excluding hydrogens is 364 g/mol. The Hall–Kier alpha value is -3.62. The number of nitro benzene ring substituents is 1. The summed E-state index contributed by atoms with van der Waals surface area (Å²) in [4.78, 5) is 35.4. The summed E-state index contributed by atoms with van der Waals surface area (Å²) >= 11 is 0. The number of halogens is 2. The molecule has 0 amide bonds. The second-order valence-electron chi connectivity index (χ2n) is 5.46. The van der Waals surface area contributed by atoms with Crippen LogP contribution in [0.1, 0.15) is 26.3 Å². The zero-order chi connectivity index (χ0) is 19.7. The number of benzene rings is 2. The van der Waals surface area contributed by atoms with Crippen molar-refractivity contribution in [3.8, 4) is 11.5 Å². The molecule has 0 aromatic heterocycles. The second-order valence-corrected chi connectivity index (χ2v) is 5.46. The monoisotopic (exact) mass is 375 g/mol. The summed E-state index contributed by atoms with van der Waals surface area (Å²) in [6, 6.07) is 7.96. The van der Waals surface area contributed by atoms with E-state index in [-0.39, 0.29) is 28.0 Å². The largest absolute Gasteiger partial charge is 0.493 e. The Kier molecular flexibility index (Phi) is 4.68. The summed E-state index contributed by atoms with van der Waals surface area (Å²) in [5, 5.41) is 11.3. The number of nitro groups is 1. The van der Waals surface area contributed by atoms with Crippen LogP contribution in [0.15, 0.2) is 42.0 Å². The van der Waals surface area contributed by atoms with Gasteiger partial charge in [0.1, 0.15) is 0 Å². The first kappa shape index (κ1) is 18.2. The molecule has 0 heterocycles. The molecule has 0 atom stereocenters. The summed E-state index contributed by atoms with van der Waals surface area (Å²) in [5.74, 6) is -1.88. The van der Waals surface area contributed by atoms with Crippen LogP contribution in [0.3, 0.4) is 0 Å². The normalized spacial score (nSPS) is 13.0. The lowest BCUT2D eigenvalue weighted by molar-refractivity contribution is -0.385. The van der Waals surface area contributed by atoms with Gasteiger partial charge in [0.15, 0.2) is 23.1 Å². The highest BCUT2D eigenvalue weighted by atomic mass is 19.3. The van der Waals surface area contributed by atoms with Crippen molar-refractivity contribution in [2.75, 3.05) is 7.11 Å². The van der Waals surface area contributed by atoms with Gasteiger partial charge < -0.3 is 9.47 Å². The molecule has 0 saturated carbocycles. The van der Waals surface area contributed by atoms with Crippen LogP contribution in [0.2, 0.25) is 0 Å². The number of rotatable bonds is 5. The maximum absolute atomic E-state index is 12.5. The quantitative estimate of drug-likeness (QED) is 0.342. The molecule has 0 spiro atoms. The Morgan fingerprint density at radius 1 is 1.07 bits per heavy atom. The lowest BCUT2D eigenvalue weighted by Crippen LogP contribution is -2.06. The van der Waals surface area contributed by atoms with E-state index in [1.165, 1.54) is 12.1 Å². The van der Waals surface area contributed by atoms with E-state index < -0.39 is 34.5 Å². The van der Waals surface area contributed by atoms with Gasteiger partial charge in [-0.15, -0.1) is 0 Å². The number of carbonyl (C=O) groups excluding carboxylic acids is 2. The first-order valence-electron chi connectivity index (χ1n) is 7.55. The number of hydrogen-bond acceptors (Lipinski definition) is 6. The van der Waals surface area contributed by atoms with Crippen LogP contribution in [0, 0.1) is 10.1 Å². The van der Waals surface area contributed by atoms with E-state index in [0.717, 1.165) is 25.3 Å². The van der Waals surface area contributed by atoms with Crippen LogP contribution in [0.4, 0.5) is 14.5 Å². The van der Waals surface area contributed by atoms with Gasteiger partial charge in [-0.3, -0.25) is 19.7 Å². The Balaban J connectivity index is 2.14. The average molecular weight is 375 g/mol. The predicted molar refractivity (Wildman–Crippen MR) is 89.4 cm³/mol. The van der Waals surface area contributed by atoms with Crippen molar-refractivity contribution in [3.63, 3.8) is 0 Å². The number of ether oxygens (including phenoxy) is 2. The van der Waals surface area contributed by atoms with Crippen LogP contribution in [-0.4, -0.2) is 30.2 Å². The van der Waals surface area contributed by atoms with Gasteiger partial charge >= 0.3 is 6.61 Å². The first-order chi connectivity index (χ1) is 12.8. The van der Waals surface area contributed by atoms with Gasteiger partial charge in [-0.05, 0) is 12.1 Å². The average Bonchev–Trinajstić information content (AvgIpc) is 2.87. The fraction of sp³-hybridized carbons (Fsp3) is 0.111. The van der Waals surface area contributed by atoms with Crippen LogP contribution < -0.4 is 9.47 Å². The Morgan fingerprint density at radius 2 is 1.67 bits per heavy atom. The summed E-state index contributed by atoms with van der Waals surface area (Å²) in [6.07, 6.45) is 1.05. The van der Waals surface area contributed by atoms with Crippen molar-refractivity contribution < 1.29 is 32.8 Å². The topological polar surface area (TPSA) is 95.7 Å². The highest BCUT2D eigenvalue weighted by Crippen LogP contribution is 2.38. The SMILES string of the molecule is COc1cc(C=C2C(=O)c3ccccc3C2=O)c([N+](=O)[O-])cc1OC(F)F. The number of ketones is 2. The third-order valence-corrected chi connectivity index (χ3v) is 3.93. The number of alkyl halides is 2. The summed E-state index contributed by atoms with van der Waals surface area (Å²) < 4.78 is 34.2. The number of Topliss-reactive ketones (excluding diaryl/α,β-unsaturated/α-hetero) is 2. The fourth-order valence-corrected chi connectivity index (χ4v) is 2.75. The molecule has 0 fully saturated rings. The van der Waals surface area contributed by atoms with E-state index in [2.05, 4.69) is 4.74 Å². The molecule has 0 radical (unpaired) electrons. The van der Waals surface area contributed by atoms with Crippen molar-refractivity contribution in [3.05, 3.63) is 68.8 Å². The van der Waals surface area contributed by atoms with Gasteiger partial charge in [0, 0.05) is 11.1 Å². The lowest BCUT2D eigenvalue weighted by atomic mass is 10.0. The molecule has 0 aliphatic heterocycles. The van der Waals surface area contributed by atoms with Gasteiger partial charge in [0.25, 0.3) is 5.69 Å². The van der Waals surface area contributed by atoms with E-state index >= 15 is 0 Å². The minimum absolute atomic E-state index is 0.150. The highest BCUT2D eigenvalue weighted by Gasteiger charge is 2.33. The van der Waals surface area contributed by atoms with E-state index in [9.17, 15) is 28.5 Å². The van der Waals surface area contributed by atoms with Crippen LogP contribution in [-0.2, 0) is 0 Å². The fourth-order valence-electron chi connectivity index (χ4n) is 2.75. The predicted octanol–water partition coefficient (Wildman–Crippen LogP) is 3.67. The van der Waals surface area contributed by atoms with Crippen LogP contribution in [0.25, 0.3) is 6.08 Å². The Morgan fingerprint density at radius 3 is 2.15 bits per heavy atom. The number of fused-ring (bicyclic) bond motifs is 1. The van der Waals surface area contributed by atoms with Crippen molar-refractivity contribution in [1.82, 2.24) is 0 Å². The minimum Gasteiger partial charge on any atom is -0.493 e. The van der Waals surface area contributed by atoms with Gasteiger partial charge in [-0.2, -0.15) is 8.78 Å². The summed E-state index contributed by atoms with van der Waals surface area (Å²) in [6.45, 7) is -3.21. The maximum atomic E-state index is 12.5. The third kappa shape index (κ3) is 3.26. The molecule has 27 heavy (non-hydrogen) atoms. The van der Waals surface area contributed by atoms with Crippen molar-refractivity contribution >= 4 is 23.3 Å². The molecule has 7 nitrogen and oxygen atoms in total. The number of carbonyl (C=O) groups is 2. The lowest BCUT2D eigenvalue weighted by Gasteiger charge is -2.11. The Bertz CT molecular complexity index is 962. The van der Waals surface area contributed by atoms with E-state index in [4.69, 9.17) is 4.74 Å². The molecule has 1 aliphatic carbocycles. The number of hydrogen-bond donors (Lipinski definition) is 0. The molecule has 0 saturated heterocycles. The molecular formula is C18H11F2NO6. The van der Waals surface area contributed by atoms with E-state index in [0.29, 0.717) is 0 Å². The number of methoxy groups -OCH3 is 1. The van der Waals surface area contributed by atoms with Crippen molar-refractivity contribution in [2.24, 2.45) is 0 Å². The zero-order valence-electron chi connectivity index (χ0n) is 13.8. The molecule has 0 N–H and O–H groups in total. The third-order valence-electron chi connectivity index (χ3n) is 3.93. The standard InChI is InChI=1S/C18H11F2NO6/c1-26-14-7-9(13(21(24)25)8-15(14)27-18(19)20)6-12-16(22)10-4-2-3-5-11(10)17(12)23/h2-8,18H,1H3. The summed E-state index contributed by atoms with van der Waals surface area (Å²) in [5.41, 5.74) is -0.635. The van der Waals surface area contributed by atoms with Crippen LogP contribution >= 0.6 is 0 Å². The number of allylic oxidation sites excluding steroid dienone is 1. The first-order valence-corrected chi connectivity index (χ1v) is 7.55. The number of nitrogens with zero attached hydrogens (tertiary/aromatic N) is 1. The van der Waals surface area contributed by atoms with Crippen molar-refractivity contribution in [1.29, 1.82) is 0 Å². The van der Waals surface area contributed by atoms with Gasteiger partial charge in [-0.25, -0.2) is 0 Å². The van der Waals surface area contributed by atoms with Gasteiger partial charge in [0.05, 0.1) is 29.2 Å². The molecule has 0 bridgehead atoms. The smallest absolute Gasteiger partial charge is 0.387 e. The molecule has 2 aromatic carbocycles. The highest BCUT2D eigenvalue weighted by molar-refractivity contribution is 6.41. The maximum Gasteiger partial charge on any atom is 0.387 e. The Labute approximate surface area is 151 Å². The summed E-state index contributed by atoms with van der Waals surface area (Å²) in [7, 11) is 1.16. The van der Waals surface area contributed by atoms with Gasteiger partial charge in [-0.1, -0.05) is 24.3 Å². The molecule has 0 unspecified atom stereocenters. The molecule has 138 valence electrons. The van der Waals surface area contributed by atoms with Crippen LogP contribution in [0.5, 0.6) is 11.5 Å². The minimum atomic E-state index is -3.21. The second kappa shape index (κ2) is 6.94.